The van der Waals surface area contributed by atoms with Crippen molar-refractivity contribution in [2.45, 2.75) is 37.6 Å². The number of nitrogens with one attached hydrogen (secondary N) is 1. The molecule has 2 aromatic rings. The van der Waals surface area contributed by atoms with E-state index >= 15 is 0 Å². The molecule has 1 unspecified atom stereocenters. The van der Waals surface area contributed by atoms with E-state index in [1.54, 1.807) is 5.48 Å². The van der Waals surface area contributed by atoms with Crippen LogP contribution in [0.4, 0.5) is 10.6 Å². The molecule has 1 aromatic carbocycles. The summed E-state index contributed by atoms with van der Waals surface area (Å²) in [5.41, 5.74) is 1.88. The summed E-state index contributed by atoms with van der Waals surface area (Å²) < 4.78 is 27.6. The second kappa shape index (κ2) is 8.77. The maximum atomic E-state index is 12.2. The molecule has 0 amide bonds. The highest BCUT2D eigenvalue weighted by molar-refractivity contribution is 5.63. The van der Waals surface area contributed by atoms with Gasteiger partial charge in [0, 0.05) is 6.20 Å². The van der Waals surface area contributed by atoms with Gasteiger partial charge in [-0.25, -0.2) is 9.59 Å². The number of benzene rings is 1. The Balaban J connectivity index is 1.39. The van der Waals surface area contributed by atoms with Crippen molar-refractivity contribution in [3.05, 3.63) is 58.6 Å². The van der Waals surface area contributed by atoms with Gasteiger partial charge in [0.2, 0.25) is 0 Å². The van der Waals surface area contributed by atoms with Crippen molar-refractivity contribution in [1.82, 2.24) is 9.55 Å². The molecule has 0 radical (unpaired) electrons. The number of ether oxygens (including phenoxy) is 5. The van der Waals surface area contributed by atoms with E-state index in [4.69, 9.17) is 28.9 Å². The summed E-state index contributed by atoms with van der Waals surface area (Å²) in [5, 5.41) is 18.8. The third-order valence-electron chi connectivity index (χ3n) is 4.61. The molecule has 2 saturated heterocycles. The first kappa shape index (κ1) is 20.3. The summed E-state index contributed by atoms with van der Waals surface area (Å²) in [6, 6.07) is 10.5. The van der Waals surface area contributed by atoms with E-state index in [0.29, 0.717) is 0 Å². The van der Waals surface area contributed by atoms with Crippen LogP contribution in [0.5, 0.6) is 0 Å². The van der Waals surface area contributed by atoms with E-state index in [1.807, 2.05) is 30.3 Å². The summed E-state index contributed by atoms with van der Waals surface area (Å²) in [7, 11) is 0. The quantitative estimate of drug-likeness (QED) is 0.308. The molecule has 1 aromatic heterocycles. The zero-order chi connectivity index (χ0) is 21.1. The lowest BCUT2D eigenvalue weighted by molar-refractivity contribution is -0.279. The number of nitrogens with zero attached hydrogens (tertiary/aromatic N) is 2. The number of hydrogen-bond acceptors (Lipinski definition) is 11. The molecule has 12 nitrogen and oxygen atoms in total. The SMILES string of the molecule is O=C1O[C@@H]2[C@H](O1)[C@@H](COC(O)OCc1ccccc1)O[C@H]2n1ccc(NO)nc1=O. The highest BCUT2D eigenvalue weighted by atomic mass is 16.8. The van der Waals surface area contributed by atoms with Gasteiger partial charge in [0.25, 0.3) is 6.48 Å². The molecule has 0 spiro atoms. The van der Waals surface area contributed by atoms with Crippen molar-refractivity contribution in [1.29, 1.82) is 0 Å². The molecule has 160 valence electrons. The van der Waals surface area contributed by atoms with Gasteiger partial charge in [-0.1, -0.05) is 30.3 Å². The maximum Gasteiger partial charge on any atom is 0.509 e. The number of fused-ring (bicyclic) bond motifs is 1. The van der Waals surface area contributed by atoms with Gasteiger partial charge in [0.1, 0.15) is 6.10 Å². The number of aliphatic hydroxyl groups is 1. The second-order valence-electron chi connectivity index (χ2n) is 6.53. The second-order valence-corrected chi connectivity index (χ2v) is 6.53. The Morgan fingerprint density at radius 3 is 2.63 bits per heavy atom. The van der Waals surface area contributed by atoms with Gasteiger partial charge >= 0.3 is 11.8 Å². The van der Waals surface area contributed by atoms with Crippen molar-refractivity contribution in [2.24, 2.45) is 0 Å². The van der Waals surface area contributed by atoms with E-state index in [0.717, 1.165) is 10.1 Å². The van der Waals surface area contributed by atoms with Crippen LogP contribution in [0.25, 0.3) is 0 Å². The largest absolute Gasteiger partial charge is 0.509 e. The van der Waals surface area contributed by atoms with Crippen molar-refractivity contribution in [3.8, 4) is 0 Å². The standard InChI is InChI=1S/C18H19N3O9/c22-16-19-12(20-25)6-7-21(16)15-14-13(29-18(24)30-14)11(28-15)9-27-17(23)26-8-10-4-2-1-3-5-10/h1-7,11,13-15,17,23,25H,8-9H2,(H,19,20,22)/t11-,13-,14-,15-,17?/m1/s1. The fourth-order valence-electron chi connectivity index (χ4n) is 3.22. The Morgan fingerprint density at radius 1 is 1.13 bits per heavy atom. The van der Waals surface area contributed by atoms with Gasteiger partial charge in [-0.15, -0.1) is 0 Å². The highest BCUT2D eigenvalue weighted by Crippen LogP contribution is 2.37. The number of aliphatic hydroxyl groups excluding tert-OH is 1. The number of carbonyl (C=O) groups is 1. The Bertz CT molecular complexity index is 938. The Kier molecular flexibility index (Phi) is 5.92. The van der Waals surface area contributed by atoms with Crippen molar-refractivity contribution in [2.75, 3.05) is 12.1 Å². The van der Waals surface area contributed by atoms with Gasteiger partial charge < -0.3 is 28.8 Å². The van der Waals surface area contributed by atoms with Crippen LogP contribution in [0, 0.1) is 0 Å². The molecule has 2 fully saturated rings. The topological polar surface area (TPSA) is 151 Å². The Labute approximate surface area is 169 Å². The first-order valence-corrected chi connectivity index (χ1v) is 9.02. The molecular formula is C18H19N3O9. The Morgan fingerprint density at radius 2 is 1.90 bits per heavy atom. The fraction of sp³-hybridized carbons (Fsp3) is 0.389. The molecule has 4 rings (SSSR count). The predicted octanol–water partition coefficient (Wildman–Crippen LogP) is 0.355. The van der Waals surface area contributed by atoms with Gasteiger partial charge in [0.15, 0.2) is 24.3 Å². The van der Waals surface area contributed by atoms with E-state index in [9.17, 15) is 14.7 Å². The summed E-state index contributed by atoms with van der Waals surface area (Å²) in [5.74, 6) is -0.0518. The number of aromatic nitrogens is 2. The van der Waals surface area contributed by atoms with Crippen LogP contribution >= 0.6 is 0 Å². The number of anilines is 1. The normalized spacial score (nSPS) is 26.0. The number of rotatable bonds is 8. The summed E-state index contributed by atoms with van der Waals surface area (Å²) in [4.78, 5) is 27.4. The third kappa shape index (κ3) is 4.27. The molecule has 2 aliphatic rings. The monoisotopic (exact) mass is 421 g/mol. The van der Waals surface area contributed by atoms with Crippen molar-refractivity contribution >= 4 is 12.0 Å². The minimum Gasteiger partial charge on any atom is -0.424 e. The average Bonchev–Trinajstić information content (AvgIpc) is 3.29. The van der Waals surface area contributed by atoms with Gasteiger partial charge in [-0.05, 0) is 11.6 Å². The molecule has 30 heavy (non-hydrogen) atoms. The van der Waals surface area contributed by atoms with Crippen LogP contribution < -0.4 is 11.2 Å². The van der Waals surface area contributed by atoms with E-state index < -0.39 is 42.9 Å². The molecule has 3 heterocycles. The van der Waals surface area contributed by atoms with Crippen molar-refractivity contribution in [3.63, 3.8) is 0 Å². The lowest BCUT2D eigenvalue weighted by Crippen LogP contribution is -2.35. The van der Waals surface area contributed by atoms with Crippen LogP contribution in [0.15, 0.2) is 47.4 Å². The van der Waals surface area contributed by atoms with Crippen molar-refractivity contribution < 1.29 is 38.8 Å². The first-order valence-electron chi connectivity index (χ1n) is 9.02. The zero-order valence-corrected chi connectivity index (χ0v) is 15.5. The Hall–Kier alpha value is -3.03. The molecule has 12 heteroatoms. The zero-order valence-electron chi connectivity index (χ0n) is 15.5. The average molecular weight is 421 g/mol. The lowest BCUT2D eigenvalue weighted by atomic mass is 10.1. The summed E-state index contributed by atoms with van der Waals surface area (Å²) in [6.07, 6.45) is -3.21. The van der Waals surface area contributed by atoms with Crippen LogP contribution in [-0.4, -0.2) is 57.4 Å². The highest BCUT2D eigenvalue weighted by Gasteiger charge is 2.55. The van der Waals surface area contributed by atoms with Gasteiger partial charge in [0.05, 0.1) is 13.2 Å². The van der Waals surface area contributed by atoms with Crippen LogP contribution in [0.2, 0.25) is 0 Å². The molecule has 2 aliphatic heterocycles. The van der Waals surface area contributed by atoms with Gasteiger partial charge in [-0.3, -0.25) is 15.3 Å². The summed E-state index contributed by atoms with van der Waals surface area (Å²) >= 11 is 0. The third-order valence-corrected chi connectivity index (χ3v) is 4.61. The minimum absolute atomic E-state index is 0.0518. The van der Waals surface area contributed by atoms with E-state index in [-0.39, 0.29) is 19.0 Å². The van der Waals surface area contributed by atoms with Crippen LogP contribution in [-0.2, 0) is 30.3 Å². The molecule has 5 atom stereocenters. The molecule has 0 saturated carbocycles. The van der Waals surface area contributed by atoms with E-state index in [2.05, 4.69) is 4.98 Å². The smallest absolute Gasteiger partial charge is 0.424 e. The lowest BCUT2D eigenvalue weighted by Gasteiger charge is -2.19. The van der Waals surface area contributed by atoms with E-state index in [1.165, 1.54) is 12.3 Å². The molecule has 3 N–H and O–H groups in total. The summed E-state index contributed by atoms with van der Waals surface area (Å²) in [6.45, 7) is -1.60. The number of hydrogen-bond donors (Lipinski definition) is 3. The maximum absolute atomic E-state index is 12.2. The van der Waals surface area contributed by atoms with Crippen LogP contribution in [0.1, 0.15) is 11.8 Å². The predicted molar refractivity (Wildman–Crippen MR) is 96.1 cm³/mol. The number of carbonyl (C=O) groups excluding carboxylic acids is 1. The van der Waals surface area contributed by atoms with Gasteiger partial charge in [-0.2, -0.15) is 4.98 Å². The molecular weight excluding hydrogens is 402 g/mol. The van der Waals surface area contributed by atoms with Crippen LogP contribution in [0.3, 0.4) is 0 Å². The fourth-order valence-corrected chi connectivity index (χ4v) is 3.22. The first-order chi connectivity index (χ1) is 14.5. The molecule has 0 bridgehead atoms. The molecule has 0 aliphatic carbocycles. The minimum atomic E-state index is -1.54.